The highest BCUT2D eigenvalue weighted by molar-refractivity contribution is 5.27. The van der Waals surface area contributed by atoms with Crippen molar-refractivity contribution in [2.24, 2.45) is 28.6 Å². The molecule has 27 heavy (non-hydrogen) atoms. The quantitative estimate of drug-likeness (QED) is 0.750. The average Bonchev–Trinajstić information content (AvgIpc) is 2.94. The Labute approximate surface area is 162 Å². The number of fused-ring (bicyclic) bond motifs is 5. The Hall–Kier alpha value is -1.09. The van der Waals surface area contributed by atoms with Crippen molar-refractivity contribution >= 4 is 0 Å². The van der Waals surface area contributed by atoms with E-state index in [9.17, 15) is 9.90 Å². The van der Waals surface area contributed by atoms with E-state index in [0.717, 1.165) is 30.7 Å². The van der Waals surface area contributed by atoms with Crippen molar-refractivity contribution in [2.45, 2.75) is 83.2 Å². The van der Waals surface area contributed by atoms with Crippen molar-refractivity contribution in [2.75, 3.05) is 0 Å². The third-order valence-electron chi connectivity index (χ3n) is 9.72. The predicted octanol–water partition coefficient (Wildman–Crippen LogP) is 5.09. The molecule has 0 saturated heterocycles. The molecule has 3 heteroatoms. The SMILES string of the molecule is CC12CC[CH]C[C@@H]1CC[C@@H]1[C@@H]2CC[C@]2(C)[C@@H](c3ccc(=O)oc3)CC[C@]12O. The van der Waals surface area contributed by atoms with Crippen LogP contribution in [0.1, 0.15) is 83.1 Å². The van der Waals surface area contributed by atoms with E-state index in [1.54, 1.807) is 6.26 Å². The van der Waals surface area contributed by atoms with Gasteiger partial charge in [-0.25, -0.2) is 4.79 Å². The molecular formula is C24H33O3. The number of hydrogen-bond donors (Lipinski definition) is 1. The van der Waals surface area contributed by atoms with Crippen LogP contribution >= 0.6 is 0 Å². The van der Waals surface area contributed by atoms with E-state index in [2.05, 4.69) is 20.3 Å². The Bertz CT molecular complexity index is 764. The molecule has 4 aliphatic carbocycles. The summed E-state index contributed by atoms with van der Waals surface area (Å²) in [5, 5.41) is 12.2. The Morgan fingerprint density at radius 2 is 1.89 bits per heavy atom. The summed E-state index contributed by atoms with van der Waals surface area (Å²) in [6.45, 7) is 4.85. The molecule has 7 atom stereocenters. The molecule has 4 fully saturated rings. The van der Waals surface area contributed by atoms with Crippen LogP contribution in [0.25, 0.3) is 0 Å². The van der Waals surface area contributed by atoms with Gasteiger partial charge in [0.1, 0.15) is 0 Å². The monoisotopic (exact) mass is 369 g/mol. The minimum atomic E-state index is -0.578. The van der Waals surface area contributed by atoms with Crippen molar-refractivity contribution in [3.05, 3.63) is 40.8 Å². The second-order valence-corrected chi connectivity index (χ2v) is 10.4. The zero-order valence-corrected chi connectivity index (χ0v) is 16.7. The Morgan fingerprint density at radius 1 is 1.04 bits per heavy atom. The van der Waals surface area contributed by atoms with Gasteiger partial charge in [0.05, 0.1) is 11.9 Å². The molecule has 1 radical (unpaired) electrons. The van der Waals surface area contributed by atoms with Gasteiger partial charge in [-0.05, 0) is 105 Å². The topological polar surface area (TPSA) is 50.4 Å². The van der Waals surface area contributed by atoms with Crippen LogP contribution in [-0.2, 0) is 0 Å². The van der Waals surface area contributed by atoms with E-state index < -0.39 is 5.60 Å². The second-order valence-electron chi connectivity index (χ2n) is 10.4. The summed E-state index contributed by atoms with van der Waals surface area (Å²) < 4.78 is 5.18. The number of hydrogen-bond acceptors (Lipinski definition) is 3. The largest absolute Gasteiger partial charge is 0.431 e. The normalized spacial score (nSPS) is 49.1. The molecule has 1 aromatic heterocycles. The minimum Gasteiger partial charge on any atom is -0.431 e. The van der Waals surface area contributed by atoms with Gasteiger partial charge in [-0.1, -0.05) is 13.8 Å². The fourth-order valence-corrected chi connectivity index (χ4v) is 8.11. The molecule has 1 N–H and O–H groups in total. The second kappa shape index (κ2) is 5.95. The van der Waals surface area contributed by atoms with Crippen LogP contribution in [0.5, 0.6) is 0 Å². The van der Waals surface area contributed by atoms with Crippen LogP contribution in [0.3, 0.4) is 0 Å². The van der Waals surface area contributed by atoms with E-state index in [4.69, 9.17) is 4.42 Å². The zero-order chi connectivity index (χ0) is 18.9. The van der Waals surface area contributed by atoms with Crippen LogP contribution in [0.2, 0.25) is 0 Å². The van der Waals surface area contributed by atoms with E-state index in [-0.39, 0.29) is 17.0 Å². The molecule has 0 aliphatic heterocycles. The van der Waals surface area contributed by atoms with Gasteiger partial charge in [-0.15, -0.1) is 0 Å². The van der Waals surface area contributed by atoms with Gasteiger partial charge in [-0.2, -0.15) is 0 Å². The molecule has 0 spiro atoms. The summed E-state index contributed by atoms with van der Waals surface area (Å²) in [5.74, 6) is 2.20. The summed E-state index contributed by atoms with van der Waals surface area (Å²) in [7, 11) is 0. The Morgan fingerprint density at radius 3 is 2.67 bits per heavy atom. The first-order valence-corrected chi connectivity index (χ1v) is 11.0. The van der Waals surface area contributed by atoms with Gasteiger partial charge < -0.3 is 9.52 Å². The molecule has 0 bridgehead atoms. The molecule has 1 aromatic rings. The molecule has 0 amide bonds. The summed E-state index contributed by atoms with van der Waals surface area (Å²) in [6.07, 6.45) is 14.6. The summed E-state index contributed by atoms with van der Waals surface area (Å²) in [5.41, 5.74) is 0.524. The molecule has 4 aliphatic rings. The summed E-state index contributed by atoms with van der Waals surface area (Å²) in [4.78, 5) is 11.4. The van der Waals surface area contributed by atoms with Gasteiger partial charge >= 0.3 is 5.63 Å². The lowest BCUT2D eigenvalue weighted by molar-refractivity contribution is -0.199. The standard InChI is InChI=1S/C24H33O3/c1-22-12-4-3-5-17(22)7-8-20-19(22)10-13-23(2)18(11-14-24(20,23)26)16-6-9-21(25)27-15-16/h3,6,9,15,17-20,26H,4-5,7-8,10-14H2,1-2H3/t17-,18-,19+,20-,22?,23-,24+/m1/s1. The minimum absolute atomic E-state index is 0.113. The average molecular weight is 370 g/mol. The van der Waals surface area contributed by atoms with Gasteiger partial charge in [0, 0.05) is 11.5 Å². The predicted molar refractivity (Wildman–Crippen MR) is 105 cm³/mol. The van der Waals surface area contributed by atoms with Crippen LogP contribution < -0.4 is 5.63 Å². The van der Waals surface area contributed by atoms with Crippen LogP contribution in [-0.4, -0.2) is 10.7 Å². The van der Waals surface area contributed by atoms with Crippen molar-refractivity contribution in [3.63, 3.8) is 0 Å². The van der Waals surface area contributed by atoms with Gasteiger partial charge in [0.15, 0.2) is 0 Å². The zero-order valence-electron chi connectivity index (χ0n) is 16.7. The molecule has 3 nitrogen and oxygen atoms in total. The van der Waals surface area contributed by atoms with E-state index in [1.165, 1.54) is 44.6 Å². The molecule has 1 heterocycles. The molecular weight excluding hydrogens is 336 g/mol. The van der Waals surface area contributed by atoms with Crippen molar-refractivity contribution < 1.29 is 9.52 Å². The lowest BCUT2D eigenvalue weighted by atomic mass is 9.43. The number of rotatable bonds is 1. The smallest absolute Gasteiger partial charge is 0.335 e. The lowest BCUT2D eigenvalue weighted by Gasteiger charge is -2.63. The molecule has 0 aromatic carbocycles. The van der Waals surface area contributed by atoms with E-state index in [0.29, 0.717) is 17.3 Å². The van der Waals surface area contributed by atoms with Crippen molar-refractivity contribution in [3.8, 4) is 0 Å². The Kier molecular flexibility index (Phi) is 3.96. The third-order valence-corrected chi connectivity index (χ3v) is 9.72. The first kappa shape index (κ1) is 18.0. The summed E-state index contributed by atoms with van der Waals surface area (Å²) >= 11 is 0. The Balaban J connectivity index is 1.50. The maximum absolute atomic E-state index is 12.2. The highest BCUT2D eigenvalue weighted by Crippen LogP contribution is 2.70. The van der Waals surface area contributed by atoms with Gasteiger partial charge in [0.2, 0.25) is 0 Å². The fraction of sp³-hybridized carbons (Fsp3) is 0.750. The van der Waals surface area contributed by atoms with Crippen LogP contribution in [0.4, 0.5) is 0 Å². The molecule has 5 rings (SSSR count). The van der Waals surface area contributed by atoms with Gasteiger partial charge in [0.25, 0.3) is 0 Å². The van der Waals surface area contributed by atoms with E-state index >= 15 is 0 Å². The summed E-state index contributed by atoms with van der Waals surface area (Å²) in [6, 6.07) is 3.46. The first-order valence-electron chi connectivity index (χ1n) is 11.0. The van der Waals surface area contributed by atoms with Crippen molar-refractivity contribution in [1.82, 2.24) is 0 Å². The van der Waals surface area contributed by atoms with Crippen molar-refractivity contribution in [1.29, 1.82) is 0 Å². The number of aliphatic hydroxyl groups is 1. The highest BCUT2D eigenvalue weighted by atomic mass is 16.4. The maximum Gasteiger partial charge on any atom is 0.335 e. The molecule has 4 saturated carbocycles. The van der Waals surface area contributed by atoms with Gasteiger partial charge in [-0.3, -0.25) is 0 Å². The maximum atomic E-state index is 12.2. The lowest BCUT2D eigenvalue weighted by Crippen LogP contribution is -2.61. The van der Waals surface area contributed by atoms with Crippen LogP contribution in [0.15, 0.2) is 27.6 Å². The van der Waals surface area contributed by atoms with Crippen LogP contribution in [0, 0.1) is 35.0 Å². The first-order chi connectivity index (χ1) is 12.9. The third kappa shape index (κ3) is 2.33. The fourth-order valence-electron chi connectivity index (χ4n) is 8.11. The van der Waals surface area contributed by atoms with E-state index in [1.807, 2.05) is 6.07 Å². The molecule has 147 valence electrons. The highest BCUT2D eigenvalue weighted by Gasteiger charge is 2.67. The molecule has 1 unspecified atom stereocenters.